The van der Waals surface area contributed by atoms with Gasteiger partial charge in [-0.3, -0.25) is 9.19 Å². The zero-order valence-corrected chi connectivity index (χ0v) is 10.7. The molecule has 1 aromatic rings. The molecule has 1 aromatic heterocycles. The molecular formula is C13H18N2OS. The normalized spacial score (nSPS) is 32.8. The zero-order chi connectivity index (χ0) is 11.8. The monoisotopic (exact) mass is 250 g/mol. The summed E-state index contributed by atoms with van der Waals surface area (Å²) < 4.78 is 12.3. The molecule has 2 saturated carbocycles. The van der Waals surface area contributed by atoms with Crippen LogP contribution in [0.3, 0.4) is 0 Å². The average molecular weight is 250 g/mol. The summed E-state index contributed by atoms with van der Waals surface area (Å²) in [5.74, 6) is 3.18. The summed E-state index contributed by atoms with van der Waals surface area (Å²) in [6.45, 7) is 0. The molecule has 2 N–H and O–H groups in total. The fraction of sp³-hybridized carbons (Fsp3) is 0.615. The molecule has 0 aliphatic heterocycles. The number of pyridine rings is 1. The van der Waals surface area contributed by atoms with Crippen molar-refractivity contribution in [2.75, 3.05) is 11.5 Å². The third kappa shape index (κ3) is 2.10. The predicted molar refractivity (Wildman–Crippen MR) is 68.9 cm³/mol. The fourth-order valence-electron chi connectivity index (χ4n) is 3.47. The first-order valence-corrected chi connectivity index (χ1v) is 7.64. The Bertz CT molecular complexity index is 449. The summed E-state index contributed by atoms with van der Waals surface area (Å²) in [4.78, 5) is 4.70. The van der Waals surface area contributed by atoms with E-state index in [0.29, 0.717) is 11.6 Å². The molecule has 92 valence electrons. The van der Waals surface area contributed by atoms with E-state index in [1.54, 1.807) is 18.5 Å². The van der Waals surface area contributed by atoms with Gasteiger partial charge in [0.1, 0.15) is 0 Å². The minimum atomic E-state index is -0.952. The third-order valence-corrected chi connectivity index (χ3v) is 5.90. The van der Waals surface area contributed by atoms with Crippen molar-refractivity contribution < 1.29 is 4.21 Å². The highest BCUT2D eigenvalue weighted by molar-refractivity contribution is 7.85. The summed E-state index contributed by atoms with van der Waals surface area (Å²) in [5.41, 5.74) is 6.38. The van der Waals surface area contributed by atoms with E-state index in [1.807, 2.05) is 0 Å². The topological polar surface area (TPSA) is 56.0 Å². The highest BCUT2D eigenvalue weighted by Gasteiger charge is 2.40. The van der Waals surface area contributed by atoms with E-state index in [-0.39, 0.29) is 0 Å². The van der Waals surface area contributed by atoms with Crippen LogP contribution in [0.4, 0.5) is 5.69 Å². The second-order valence-corrected chi connectivity index (χ2v) is 6.82. The lowest BCUT2D eigenvalue weighted by atomic mass is 9.90. The number of fused-ring (bicyclic) bond motifs is 2. The van der Waals surface area contributed by atoms with Crippen LogP contribution in [0.2, 0.25) is 0 Å². The Kier molecular flexibility index (Phi) is 2.90. The molecule has 4 atom stereocenters. The Morgan fingerprint density at radius 1 is 1.41 bits per heavy atom. The molecule has 17 heavy (non-hydrogen) atoms. The number of nitrogens with zero attached hydrogens (tertiary/aromatic N) is 1. The third-order valence-electron chi connectivity index (χ3n) is 4.31. The summed E-state index contributed by atoms with van der Waals surface area (Å²) in [5, 5.41) is 0. The number of nitrogen functional groups attached to an aromatic ring is 1. The van der Waals surface area contributed by atoms with Crippen LogP contribution >= 0.6 is 0 Å². The first-order valence-electron chi connectivity index (χ1n) is 6.32. The SMILES string of the molecule is Nc1cnccc1S(=O)CC1CC2CCC1C2. The van der Waals surface area contributed by atoms with Crippen LogP contribution < -0.4 is 5.73 Å². The molecule has 0 amide bonds. The Balaban J connectivity index is 1.70. The van der Waals surface area contributed by atoms with Gasteiger partial charge in [-0.15, -0.1) is 0 Å². The minimum Gasteiger partial charge on any atom is -0.396 e. The maximum atomic E-state index is 12.3. The van der Waals surface area contributed by atoms with Crippen LogP contribution in [-0.2, 0) is 10.8 Å². The van der Waals surface area contributed by atoms with Crippen molar-refractivity contribution in [3.8, 4) is 0 Å². The lowest BCUT2D eigenvalue weighted by molar-refractivity contribution is 0.363. The molecule has 0 spiro atoms. The van der Waals surface area contributed by atoms with Crippen LogP contribution in [-0.4, -0.2) is 14.9 Å². The molecule has 3 rings (SSSR count). The summed E-state index contributed by atoms with van der Waals surface area (Å²) in [6, 6.07) is 1.79. The van der Waals surface area contributed by atoms with Crippen LogP contribution in [0.25, 0.3) is 0 Å². The molecule has 2 aliphatic rings. The minimum absolute atomic E-state index is 0.564. The highest BCUT2D eigenvalue weighted by atomic mass is 32.2. The first kappa shape index (κ1) is 11.2. The van der Waals surface area contributed by atoms with Crippen molar-refractivity contribution in [2.45, 2.75) is 30.6 Å². The van der Waals surface area contributed by atoms with E-state index in [0.717, 1.165) is 22.5 Å². The molecule has 0 radical (unpaired) electrons. The maximum absolute atomic E-state index is 12.3. The maximum Gasteiger partial charge on any atom is 0.0664 e. The Morgan fingerprint density at radius 2 is 2.29 bits per heavy atom. The molecule has 4 unspecified atom stereocenters. The fourth-order valence-corrected chi connectivity index (χ4v) is 4.97. The largest absolute Gasteiger partial charge is 0.396 e. The highest BCUT2D eigenvalue weighted by Crippen LogP contribution is 2.48. The number of nitrogens with two attached hydrogens (primary N) is 1. The van der Waals surface area contributed by atoms with Gasteiger partial charge in [0.2, 0.25) is 0 Å². The van der Waals surface area contributed by atoms with E-state index in [2.05, 4.69) is 4.98 Å². The molecule has 0 aromatic carbocycles. The van der Waals surface area contributed by atoms with E-state index < -0.39 is 10.8 Å². The Labute approximate surface area is 104 Å². The van der Waals surface area contributed by atoms with E-state index in [4.69, 9.17) is 5.73 Å². The number of hydrogen-bond donors (Lipinski definition) is 1. The molecule has 0 saturated heterocycles. The van der Waals surface area contributed by atoms with Crippen LogP contribution in [0.15, 0.2) is 23.4 Å². The number of aromatic nitrogens is 1. The van der Waals surface area contributed by atoms with Crippen molar-refractivity contribution >= 4 is 16.5 Å². The van der Waals surface area contributed by atoms with Gasteiger partial charge in [0, 0.05) is 11.9 Å². The Hall–Kier alpha value is -0.900. The molecule has 2 aliphatic carbocycles. The average Bonchev–Trinajstić information content (AvgIpc) is 2.91. The number of anilines is 1. The van der Waals surface area contributed by atoms with Gasteiger partial charge in [0.05, 0.1) is 27.6 Å². The molecule has 3 nitrogen and oxygen atoms in total. The number of rotatable bonds is 3. The van der Waals surface area contributed by atoms with Crippen molar-refractivity contribution in [2.24, 2.45) is 17.8 Å². The molecule has 1 heterocycles. The van der Waals surface area contributed by atoms with Gasteiger partial charge < -0.3 is 5.73 Å². The summed E-state index contributed by atoms with van der Waals surface area (Å²) >= 11 is 0. The summed E-state index contributed by atoms with van der Waals surface area (Å²) in [7, 11) is -0.952. The second-order valence-electron chi connectivity index (χ2n) is 5.36. The first-order chi connectivity index (χ1) is 8.24. The summed E-state index contributed by atoms with van der Waals surface area (Å²) in [6.07, 6.45) is 8.65. The zero-order valence-electron chi connectivity index (χ0n) is 9.84. The molecule has 4 heteroatoms. The van der Waals surface area contributed by atoms with Crippen LogP contribution in [0.1, 0.15) is 25.7 Å². The lowest BCUT2D eigenvalue weighted by Crippen LogP contribution is -2.18. The van der Waals surface area contributed by atoms with E-state index >= 15 is 0 Å². The Morgan fingerprint density at radius 3 is 2.94 bits per heavy atom. The van der Waals surface area contributed by atoms with Gasteiger partial charge >= 0.3 is 0 Å². The van der Waals surface area contributed by atoms with Gasteiger partial charge in [-0.2, -0.15) is 0 Å². The van der Waals surface area contributed by atoms with Crippen LogP contribution in [0, 0.1) is 17.8 Å². The molecular weight excluding hydrogens is 232 g/mol. The van der Waals surface area contributed by atoms with E-state index in [1.165, 1.54) is 25.7 Å². The van der Waals surface area contributed by atoms with Crippen LogP contribution in [0.5, 0.6) is 0 Å². The van der Waals surface area contributed by atoms with Crippen molar-refractivity contribution in [1.29, 1.82) is 0 Å². The van der Waals surface area contributed by atoms with Gasteiger partial charge in [0.25, 0.3) is 0 Å². The predicted octanol–water partition coefficient (Wildman–Crippen LogP) is 2.21. The molecule has 2 fully saturated rings. The standard InChI is InChI=1S/C13H18N2OS/c14-12-7-15-4-3-13(12)17(16)8-11-6-9-1-2-10(11)5-9/h3-4,7,9-11H,1-2,5-6,8,14H2. The van der Waals surface area contributed by atoms with Crippen molar-refractivity contribution in [3.63, 3.8) is 0 Å². The smallest absolute Gasteiger partial charge is 0.0664 e. The van der Waals surface area contributed by atoms with Gasteiger partial charge in [0.15, 0.2) is 0 Å². The van der Waals surface area contributed by atoms with Gasteiger partial charge in [-0.25, -0.2) is 0 Å². The van der Waals surface area contributed by atoms with Gasteiger partial charge in [-0.05, 0) is 43.1 Å². The second kappa shape index (κ2) is 4.41. The van der Waals surface area contributed by atoms with E-state index in [9.17, 15) is 4.21 Å². The quantitative estimate of drug-likeness (QED) is 0.894. The van der Waals surface area contributed by atoms with Crippen molar-refractivity contribution in [3.05, 3.63) is 18.5 Å². The van der Waals surface area contributed by atoms with Crippen molar-refractivity contribution in [1.82, 2.24) is 4.98 Å². The lowest BCUT2D eigenvalue weighted by Gasteiger charge is -2.21. The van der Waals surface area contributed by atoms with Gasteiger partial charge in [-0.1, -0.05) is 6.42 Å². The molecule has 2 bridgehead atoms. The number of hydrogen-bond acceptors (Lipinski definition) is 3.